The summed E-state index contributed by atoms with van der Waals surface area (Å²) in [5, 5.41) is 0.694. The Morgan fingerprint density at radius 3 is 2.40 bits per heavy atom. The van der Waals surface area contributed by atoms with Crippen LogP contribution in [0.1, 0.15) is 27.1 Å². The van der Waals surface area contributed by atoms with E-state index in [9.17, 15) is 9.59 Å². The van der Waals surface area contributed by atoms with E-state index < -0.39 is 0 Å². The molecule has 0 saturated carbocycles. The summed E-state index contributed by atoms with van der Waals surface area (Å²) in [5.74, 6) is -0.0919. The molecule has 0 unspecified atom stereocenters. The fourth-order valence-corrected chi connectivity index (χ4v) is 2.09. The van der Waals surface area contributed by atoms with Crippen LogP contribution < -0.4 is 0 Å². The Kier molecular flexibility index (Phi) is 2.82. The largest absolute Gasteiger partial charge is 0.289 e. The summed E-state index contributed by atoms with van der Waals surface area (Å²) in [5.41, 5.74) is 1.64. The molecule has 1 aromatic rings. The van der Waals surface area contributed by atoms with Gasteiger partial charge in [-0.15, -0.1) is 0 Å². The average Bonchev–Trinajstić information content (AvgIpc) is 2.26. The van der Waals surface area contributed by atoms with Crippen molar-refractivity contribution in [2.24, 2.45) is 0 Å². The van der Waals surface area contributed by atoms with E-state index in [4.69, 9.17) is 0 Å². The van der Waals surface area contributed by atoms with E-state index in [2.05, 4.69) is 15.9 Å². The van der Waals surface area contributed by atoms with Gasteiger partial charge in [-0.1, -0.05) is 40.2 Å². The molecule has 0 aromatic heterocycles. The number of hydrogen-bond acceptors (Lipinski definition) is 2. The predicted molar refractivity (Wildman–Crippen MR) is 61.6 cm³/mol. The summed E-state index contributed by atoms with van der Waals surface area (Å²) in [6.45, 7) is 0. The predicted octanol–water partition coefficient (Wildman–Crippen LogP) is 2.78. The maximum absolute atomic E-state index is 11.9. The molecule has 3 heteroatoms. The number of alkyl halides is 1. The van der Waals surface area contributed by atoms with Gasteiger partial charge in [-0.2, -0.15) is 0 Å². The van der Waals surface area contributed by atoms with Crippen LogP contribution in [0.2, 0.25) is 0 Å². The van der Waals surface area contributed by atoms with Gasteiger partial charge in [0, 0.05) is 22.0 Å². The maximum atomic E-state index is 11.9. The molecule has 0 spiro atoms. The molecule has 15 heavy (non-hydrogen) atoms. The van der Waals surface area contributed by atoms with Crippen LogP contribution in [-0.2, 0) is 0 Å². The molecule has 2 rings (SSSR count). The van der Waals surface area contributed by atoms with E-state index in [0.717, 1.165) is 0 Å². The fourth-order valence-electron chi connectivity index (χ4n) is 1.66. The summed E-state index contributed by atoms with van der Waals surface area (Å²) < 4.78 is 0. The number of carbonyl (C=O) groups excluding carboxylic acids is 2. The van der Waals surface area contributed by atoms with Gasteiger partial charge < -0.3 is 0 Å². The highest BCUT2D eigenvalue weighted by molar-refractivity contribution is 9.09. The zero-order valence-corrected chi connectivity index (χ0v) is 9.58. The lowest BCUT2D eigenvalue weighted by Gasteiger charge is -2.13. The van der Waals surface area contributed by atoms with Crippen LogP contribution in [0.3, 0.4) is 0 Å². The summed E-state index contributed by atoms with van der Waals surface area (Å²) >= 11 is 3.27. The van der Waals surface area contributed by atoms with Crippen molar-refractivity contribution in [3.63, 3.8) is 0 Å². The highest BCUT2D eigenvalue weighted by Gasteiger charge is 2.23. The summed E-state index contributed by atoms with van der Waals surface area (Å²) in [6.07, 6.45) is 2.05. The molecule has 1 aromatic carbocycles. The third-order valence-corrected chi connectivity index (χ3v) is 2.79. The lowest BCUT2D eigenvalue weighted by molar-refractivity contribution is 0.0982. The Morgan fingerprint density at radius 2 is 1.73 bits per heavy atom. The Balaban J connectivity index is 2.49. The molecular formula is C12H9BrO2. The van der Waals surface area contributed by atoms with Gasteiger partial charge >= 0.3 is 0 Å². The Morgan fingerprint density at radius 1 is 1.07 bits per heavy atom. The monoisotopic (exact) mass is 264 g/mol. The zero-order valence-electron chi connectivity index (χ0n) is 8.00. The van der Waals surface area contributed by atoms with Crippen molar-refractivity contribution in [2.75, 3.05) is 5.33 Å². The van der Waals surface area contributed by atoms with Gasteiger partial charge in [-0.3, -0.25) is 9.59 Å². The Labute approximate surface area is 96.1 Å². The van der Waals surface area contributed by atoms with Crippen molar-refractivity contribution in [3.8, 4) is 0 Å². The number of fused-ring (bicyclic) bond motifs is 1. The number of ketones is 2. The summed E-state index contributed by atoms with van der Waals surface area (Å²) in [4.78, 5) is 23.6. The third-order valence-electron chi connectivity index (χ3n) is 2.40. The van der Waals surface area contributed by atoms with Gasteiger partial charge in [-0.25, -0.2) is 0 Å². The quantitative estimate of drug-likeness (QED) is 0.770. The van der Waals surface area contributed by atoms with Crippen molar-refractivity contribution >= 4 is 27.5 Å². The van der Waals surface area contributed by atoms with E-state index in [-0.39, 0.29) is 11.6 Å². The molecular weight excluding hydrogens is 256 g/mol. The summed E-state index contributed by atoms with van der Waals surface area (Å²) in [7, 11) is 0. The van der Waals surface area contributed by atoms with E-state index in [0.29, 0.717) is 28.5 Å². The number of hydrogen-bond donors (Lipinski definition) is 0. The first-order valence-corrected chi connectivity index (χ1v) is 5.81. The number of halogens is 1. The van der Waals surface area contributed by atoms with Gasteiger partial charge in [0.1, 0.15) is 0 Å². The van der Waals surface area contributed by atoms with E-state index in [1.54, 1.807) is 24.3 Å². The second kappa shape index (κ2) is 4.11. The summed E-state index contributed by atoms with van der Waals surface area (Å²) in [6, 6.07) is 6.95. The van der Waals surface area contributed by atoms with Crippen molar-refractivity contribution in [1.29, 1.82) is 0 Å². The van der Waals surface area contributed by atoms with Crippen molar-refractivity contribution < 1.29 is 9.59 Å². The minimum absolute atomic E-state index is 0.0235. The lowest BCUT2D eigenvalue weighted by Crippen LogP contribution is -2.16. The van der Waals surface area contributed by atoms with Gasteiger partial charge in [0.25, 0.3) is 0 Å². The third kappa shape index (κ3) is 1.79. The second-order valence-corrected chi connectivity index (χ2v) is 4.14. The first-order valence-electron chi connectivity index (χ1n) is 4.68. The molecule has 0 amide bonds. The maximum Gasteiger partial charge on any atom is 0.189 e. The molecule has 0 aliphatic heterocycles. The van der Waals surface area contributed by atoms with Gasteiger partial charge in [0.15, 0.2) is 11.6 Å². The molecule has 1 aliphatic carbocycles. The normalized spacial score (nSPS) is 14.9. The number of Topliss-reactive ketones (excluding diaryl/α,β-unsaturated/α-hetero) is 1. The molecule has 0 radical (unpaired) electrons. The molecule has 2 nitrogen and oxygen atoms in total. The molecule has 0 heterocycles. The van der Waals surface area contributed by atoms with Crippen LogP contribution in [0.15, 0.2) is 35.9 Å². The average molecular weight is 265 g/mol. The molecule has 0 N–H and O–H groups in total. The van der Waals surface area contributed by atoms with E-state index >= 15 is 0 Å². The Bertz CT molecular complexity index is 460. The molecule has 76 valence electrons. The molecule has 0 bridgehead atoms. The highest BCUT2D eigenvalue weighted by atomic mass is 79.9. The molecule has 1 aliphatic rings. The zero-order chi connectivity index (χ0) is 10.8. The van der Waals surface area contributed by atoms with Crippen molar-refractivity contribution in [3.05, 3.63) is 47.0 Å². The van der Waals surface area contributed by atoms with Crippen LogP contribution in [0.5, 0.6) is 0 Å². The second-order valence-electron chi connectivity index (χ2n) is 3.35. The number of carbonyl (C=O) groups is 2. The fraction of sp³-hybridized carbons (Fsp3) is 0.167. The van der Waals surface area contributed by atoms with Crippen LogP contribution in [0.25, 0.3) is 0 Å². The number of allylic oxidation sites excluding steroid dienone is 2. The van der Waals surface area contributed by atoms with Gasteiger partial charge in [-0.05, 0) is 12.5 Å². The van der Waals surface area contributed by atoms with E-state index in [1.165, 1.54) is 6.08 Å². The minimum atomic E-state index is -0.0684. The standard InChI is InChI=1S/C12H9BrO2/c13-6-5-8-7-11(14)9-3-1-2-4-10(9)12(8)15/h1-4,7H,5-6H2. The van der Waals surface area contributed by atoms with Gasteiger partial charge in [0.05, 0.1) is 0 Å². The Hall–Kier alpha value is -1.22. The van der Waals surface area contributed by atoms with Crippen LogP contribution in [0, 0.1) is 0 Å². The van der Waals surface area contributed by atoms with Crippen LogP contribution in [-0.4, -0.2) is 16.9 Å². The smallest absolute Gasteiger partial charge is 0.189 e. The van der Waals surface area contributed by atoms with E-state index in [1.807, 2.05) is 0 Å². The lowest BCUT2D eigenvalue weighted by atomic mass is 9.88. The number of benzene rings is 1. The molecule has 0 fully saturated rings. The SMILES string of the molecule is O=C1C=C(CCBr)C(=O)c2ccccc21. The van der Waals surface area contributed by atoms with Crippen LogP contribution in [0.4, 0.5) is 0 Å². The first-order chi connectivity index (χ1) is 7.24. The molecule has 0 saturated heterocycles. The molecule has 0 atom stereocenters. The highest BCUT2D eigenvalue weighted by Crippen LogP contribution is 2.23. The van der Waals surface area contributed by atoms with Crippen LogP contribution >= 0.6 is 15.9 Å². The van der Waals surface area contributed by atoms with Gasteiger partial charge in [0.2, 0.25) is 0 Å². The minimum Gasteiger partial charge on any atom is -0.289 e. The van der Waals surface area contributed by atoms with Crippen molar-refractivity contribution in [1.82, 2.24) is 0 Å². The number of rotatable bonds is 2. The first kappa shape index (κ1) is 10.3. The topological polar surface area (TPSA) is 34.1 Å². The van der Waals surface area contributed by atoms with Crippen molar-refractivity contribution in [2.45, 2.75) is 6.42 Å².